The van der Waals surface area contributed by atoms with Gasteiger partial charge < -0.3 is 10.5 Å². The van der Waals surface area contributed by atoms with Gasteiger partial charge in [-0.15, -0.1) is 0 Å². The molecule has 2 N–H and O–H groups in total. The highest BCUT2D eigenvalue weighted by Crippen LogP contribution is 2.32. The van der Waals surface area contributed by atoms with E-state index in [1.54, 1.807) is 0 Å². The van der Waals surface area contributed by atoms with E-state index in [-0.39, 0.29) is 5.54 Å². The Bertz CT molecular complexity index is 216. The van der Waals surface area contributed by atoms with Crippen molar-refractivity contribution in [2.24, 2.45) is 11.7 Å². The van der Waals surface area contributed by atoms with Gasteiger partial charge in [0.1, 0.15) is 0 Å². The van der Waals surface area contributed by atoms with E-state index >= 15 is 0 Å². The molecule has 2 fully saturated rings. The second-order valence-corrected chi connectivity index (χ2v) is 5.73. The van der Waals surface area contributed by atoms with Crippen LogP contribution in [0.2, 0.25) is 0 Å². The lowest BCUT2D eigenvalue weighted by atomic mass is 9.84. The zero-order valence-corrected chi connectivity index (χ0v) is 11.3. The van der Waals surface area contributed by atoms with Crippen molar-refractivity contribution in [3.05, 3.63) is 0 Å². The molecule has 0 spiro atoms. The average molecular weight is 240 g/mol. The Labute approximate surface area is 106 Å². The minimum atomic E-state index is 0.245. The number of nitrogens with zero attached hydrogens (tertiary/aromatic N) is 1. The fourth-order valence-corrected chi connectivity index (χ4v) is 3.46. The highest BCUT2D eigenvalue weighted by atomic mass is 16.5. The van der Waals surface area contributed by atoms with Gasteiger partial charge in [-0.3, -0.25) is 4.90 Å². The molecule has 0 aromatic rings. The quantitative estimate of drug-likeness (QED) is 0.820. The Balaban J connectivity index is 1.97. The van der Waals surface area contributed by atoms with Crippen LogP contribution in [0, 0.1) is 5.92 Å². The van der Waals surface area contributed by atoms with Gasteiger partial charge in [0.25, 0.3) is 0 Å². The van der Waals surface area contributed by atoms with Crippen LogP contribution in [0.15, 0.2) is 0 Å². The number of hydrogen-bond acceptors (Lipinski definition) is 3. The van der Waals surface area contributed by atoms with E-state index in [2.05, 4.69) is 11.8 Å². The van der Waals surface area contributed by atoms with Crippen LogP contribution in [-0.4, -0.2) is 43.3 Å². The van der Waals surface area contributed by atoms with Crippen LogP contribution in [0.1, 0.15) is 45.4 Å². The van der Waals surface area contributed by atoms with Crippen molar-refractivity contribution in [1.29, 1.82) is 0 Å². The molecule has 17 heavy (non-hydrogen) atoms. The summed E-state index contributed by atoms with van der Waals surface area (Å²) in [7, 11) is 0. The number of ether oxygens (including phenoxy) is 1. The van der Waals surface area contributed by atoms with Crippen LogP contribution in [0.5, 0.6) is 0 Å². The van der Waals surface area contributed by atoms with Crippen LogP contribution in [0.25, 0.3) is 0 Å². The zero-order valence-electron chi connectivity index (χ0n) is 11.3. The first-order valence-corrected chi connectivity index (χ1v) is 7.33. The number of rotatable bonds is 3. The van der Waals surface area contributed by atoms with Crippen molar-refractivity contribution in [3.63, 3.8) is 0 Å². The maximum absolute atomic E-state index is 6.11. The number of piperidine rings is 1. The lowest BCUT2D eigenvalue weighted by Gasteiger charge is -2.46. The van der Waals surface area contributed by atoms with Crippen molar-refractivity contribution in [2.75, 3.05) is 32.8 Å². The van der Waals surface area contributed by atoms with E-state index in [0.717, 1.165) is 32.1 Å². The third-order valence-corrected chi connectivity index (χ3v) is 4.89. The molecule has 2 rings (SSSR count). The predicted molar refractivity (Wildman–Crippen MR) is 71.0 cm³/mol. The first kappa shape index (κ1) is 13.3. The molecule has 1 unspecified atom stereocenters. The van der Waals surface area contributed by atoms with Crippen molar-refractivity contribution >= 4 is 0 Å². The van der Waals surface area contributed by atoms with Crippen LogP contribution in [-0.2, 0) is 4.74 Å². The van der Waals surface area contributed by atoms with Gasteiger partial charge in [0.05, 0.1) is 0 Å². The summed E-state index contributed by atoms with van der Waals surface area (Å²) in [5.41, 5.74) is 6.35. The van der Waals surface area contributed by atoms with E-state index in [1.807, 2.05) is 0 Å². The average Bonchev–Trinajstić information content (AvgIpc) is 2.65. The van der Waals surface area contributed by atoms with Gasteiger partial charge in [-0.25, -0.2) is 0 Å². The fourth-order valence-electron chi connectivity index (χ4n) is 3.46. The first-order chi connectivity index (χ1) is 8.30. The summed E-state index contributed by atoms with van der Waals surface area (Å²) in [6, 6.07) is 0. The Hall–Kier alpha value is -0.120. The largest absolute Gasteiger partial charge is 0.381 e. The van der Waals surface area contributed by atoms with Crippen molar-refractivity contribution < 1.29 is 4.74 Å². The molecule has 2 saturated heterocycles. The Morgan fingerprint density at radius 2 is 2.00 bits per heavy atom. The molecule has 0 bridgehead atoms. The summed E-state index contributed by atoms with van der Waals surface area (Å²) in [6.45, 7) is 7.43. The van der Waals surface area contributed by atoms with Gasteiger partial charge in [-0.05, 0) is 51.1 Å². The smallest absolute Gasteiger partial charge is 0.0484 e. The Morgan fingerprint density at radius 3 is 2.65 bits per heavy atom. The molecule has 3 nitrogen and oxygen atoms in total. The molecule has 2 aliphatic rings. The molecule has 3 heteroatoms. The second-order valence-electron chi connectivity index (χ2n) is 5.73. The zero-order chi connectivity index (χ0) is 12.1. The molecule has 100 valence electrons. The molecule has 0 amide bonds. The van der Waals surface area contributed by atoms with E-state index < -0.39 is 0 Å². The summed E-state index contributed by atoms with van der Waals surface area (Å²) in [5, 5.41) is 0. The number of nitrogens with two attached hydrogens (primary N) is 1. The topological polar surface area (TPSA) is 38.5 Å². The Morgan fingerprint density at radius 1 is 1.24 bits per heavy atom. The first-order valence-electron chi connectivity index (χ1n) is 7.33. The van der Waals surface area contributed by atoms with E-state index in [9.17, 15) is 0 Å². The highest BCUT2D eigenvalue weighted by molar-refractivity contribution is 4.94. The van der Waals surface area contributed by atoms with Gasteiger partial charge in [-0.2, -0.15) is 0 Å². The van der Waals surface area contributed by atoms with Crippen molar-refractivity contribution in [1.82, 2.24) is 4.90 Å². The Kier molecular flexibility index (Phi) is 4.83. The molecule has 1 atom stereocenters. The molecule has 0 aliphatic carbocycles. The monoisotopic (exact) mass is 240 g/mol. The molecule has 0 saturated carbocycles. The third-order valence-electron chi connectivity index (χ3n) is 4.89. The lowest BCUT2D eigenvalue weighted by molar-refractivity contribution is 0.0364. The maximum Gasteiger partial charge on any atom is 0.0484 e. The third kappa shape index (κ3) is 3.01. The minimum absolute atomic E-state index is 0.245. The van der Waals surface area contributed by atoms with Gasteiger partial charge >= 0.3 is 0 Å². The SMILES string of the molecule is CCC1CCN(C2(CN)CCCOCC2)CC1. The van der Waals surface area contributed by atoms with Gasteiger partial charge in [0, 0.05) is 25.3 Å². The molecule has 2 aliphatic heterocycles. The standard InChI is InChI=1S/C14H28N2O/c1-2-13-4-8-16(9-5-13)14(12-15)6-3-10-17-11-7-14/h13H,2-12,15H2,1H3. The van der Waals surface area contributed by atoms with E-state index in [1.165, 1.54) is 45.2 Å². The van der Waals surface area contributed by atoms with Crippen LogP contribution in [0.3, 0.4) is 0 Å². The van der Waals surface area contributed by atoms with Gasteiger partial charge in [0.2, 0.25) is 0 Å². The van der Waals surface area contributed by atoms with Gasteiger partial charge in [-0.1, -0.05) is 13.3 Å². The van der Waals surface area contributed by atoms with Gasteiger partial charge in [0.15, 0.2) is 0 Å². The molecular weight excluding hydrogens is 212 g/mol. The molecule has 0 aromatic heterocycles. The summed E-state index contributed by atoms with van der Waals surface area (Å²) in [6.07, 6.45) is 7.58. The van der Waals surface area contributed by atoms with Crippen LogP contribution in [0.4, 0.5) is 0 Å². The normalized spacial score (nSPS) is 33.5. The predicted octanol–water partition coefficient (Wildman–Crippen LogP) is 2.01. The summed E-state index contributed by atoms with van der Waals surface area (Å²) < 4.78 is 5.60. The fraction of sp³-hybridized carbons (Fsp3) is 1.00. The van der Waals surface area contributed by atoms with Crippen LogP contribution >= 0.6 is 0 Å². The number of likely N-dealkylation sites (tertiary alicyclic amines) is 1. The summed E-state index contributed by atoms with van der Waals surface area (Å²) >= 11 is 0. The molecule has 0 radical (unpaired) electrons. The molecule has 2 heterocycles. The highest BCUT2D eigenvalue weighted by Gasteiger charge is 2.37. The van der Waals surface area contributed by atoms with E-state index in [4.69, 9.17) is 10.5 Å². The van der Waals surface area contributed by atoms with Crippen molar-refractivity contribution in [3.8, 4) is 0 Å². The maximum atomic E-state index is 6.11. The minimum Gasteiger partial charge on any atom is -0.381 e. The number of hydrogen-bond donors (Lipinski definition) is 1. The summed E-state index contributed by atoms with van der Waals surface area (Å²) in [4.78, 5) is 2.67. The molecule has 0 aromatic carbocycles. The van der Waals surface area contributed by atoms with E-state index in [0.29, 0.717) is 0 Å². The lowest BCUT2D eigenvalue weighted by Crippen LogP contribution is -2.56. The van der Waals surface area contributed by atoms with Crippen molar-refractivity contribution in [2.45, 2.75) is 51.0 Å². The molecular formula is C14H28N2O. The second kappa shape index (κ2) is 6.17. The summed E-state index contributed by atoms with van der Waals surface area (Å²) in [5.74, 6) is 0.947. The van der Waals surface area contributed by atoms with Crippen LogP contribution < -0.4 is 5.73 Å².